The molecule has 0 N–H and O–H groups in total. The van der Waals surface area contributed by atoms with Crippen LogP contribution in [0.1, 0.15) is 59.1 Å². The van der Waals surface area contributed by atoms with Crippen LogP contribution in [0.25, 0.3) is 12.2 Å². The van der Waals surface area contributed by atoms with Crippen LogP contribution in [0.4, 0.5) is 0 Å². The van der Waals surface area contributed by atoms with E-state index in [-0.39, 0.29) is 0 Å². The number of carbonyl (C=O) groups excluding carboxylic acids is 2. The molecule has 2 atom stereocenters. The second kappa shape index (κ2) is 15.7. The van der Waals surface area contributed by atoms with Crippen molar-refractivity contribution in [2.75, 3.05) is 26.4 Å². The van der Waals surface area contributed by atoms with E-state index >= 15 is 0 Å². The summed E-state index contributed by atoms with van der Waals surface area (Å²) in [5.74, 6) is 1.40. The van der Waals surface area contributed by atoms with Crippen molar-refractivity contribution in [3.8, 4) is 23.0 Å². The molecule has 2 unspecified atom stereocenters. The van der Waals surface area contributed by atoms with Crippen LogP contribution in [0.2, 0.25) is 0 Å². The highest BCUT2D eigenvalue weighted by Gasteiger charge is 2.22. The van der Waals surface area contributed by atoms with Crippen molar-refractivity contribution in [3.05, 3.63) is 94.1 Å². The van der Waals surface area contributed by atoms with Crippen LogP contribution in [-0.4, -0.2) is 50.6 Å². The summed E-state index contributed by atoms with van der Waals surface area (Å²) in [4.78, 5) is 25.3. The zero-order valence-corrected chi connectivity index (χ0v) is 27.0. The molecular formula is C38H42O8. The van der Waals surface area contributed by atoms with Gasteiger partial charge in [0.05, 0.1) is 38.6 Å². The van der Waals surface area contributed by atoms with Gasteiger partial charge < -0.3 is 28.4 Å². The number of esters is 2. The van der Waals surface area contributed by atoms with E-state index in [0.29, 0.717) is 48.0 Å². The minimum Gasteiger partial charge on any atom is -0.494 e. The van der Waals surface area contributed by atoms with Crippen molar-refractivity contribution in [3.63, 3.8) is 0 Å². The third-order valence-electron chi connectivity index (χ3n) is 8.07. The molecule has 2 saturated heterocycles. The summed E-state index contributed by atoms with van der Waals surface area (Å²) in [5, 5.41) is 0. The van der Waals surface area contributed by atoms with Gasteiger partial charge in [0.2, 0.25) is 0 Å². The molecule has 0 aromatic heterocycles. The molecule has 242 valence electrons. The van der Waals surface area contributed by atoms with Crippen molar-refractivity contribution in [2.45, 2.75) is 65.6 Å². The number of hydrogen-bond acceptors (Lipinski definition) is 8. The second-order valence-corrected chi connectivity index (χ2v) is 11.7. The zero-order valence-electron chi connectivity index (χ0n) is 27.0. The van der Waals surface area contributed by atoms with Gasteiger partial charge in [0, 0.05) is 12.2 Å². The molecule has 8 heteroatoms. The maximum absolute atomic E-state index is 12.6. The minimum atomic E-state index is -0.503. The molecule has 3 aromatic carbocycles. The van der Waals surface area contributed by atoms with Crippen molar-refractivity contribution < 1.29 is 38.0 Å². The number of ether oxygens (including phenoxy) is 6. The summed E-state index contributed by atoms with van der Waals surface area (Å²) in [6.45, 7) is 10.6. The SMILES string of the molecule is Cc1cc(OCCCC2CO2)ccc1/C=C/C(=O)Oc1ccc(OC(=O)/C=C/c2ccc(OCCCC3CO3)cc2C)c(C)c1C. The van der Waals surface area contributed by atoms with Crippen LogP contribution in [-0.2, 0) is 19.1 Å². The van der Waals surface area contributed by atoms with Crippen LogP contribution in [0, 0.1) is 27.7 Å². The smallest absolute Gasteiger partial charge is 0.336 e. The summed E-state index contributed by atoms with van der Waals surface area (Å²) in [6, 6.07) is 14.8. The fourth-order valence-electron chi connectivity index (χ4n) is 4.91. The first kappa shape index (κ1) is 33.0. The maximum atomic E-state index is 12.6. The van der Waals surface area contributed by atoms with E-state index in [2.05, 4.69) is 0 Å². The first-order valence-corrected chi connectivity index (χ1v) is 15.9. The summed E-state index contributed by atoms with van der Waals surface area (Å²) in [7, 11) is 0. The van der Waals surface area contributed by atoms with Gasteiger partial charge in [-0.2, -0.15) is 0 Å². The highest BCUT2D eigenvalue weighted by Crippen LogP contribution is 2.30. The first-order valence-electron chi connectivity index (χ1n) is 15.9. The molecule has 0 spiro atoms. The number of rotatable bonds is 16. The second-order valence-electron chi connectivity index (χ2n) is 11.7. The lowest BCUT2D eigenvalue weighted by atomic mass is 10.1. The van der Waals surface area contributed by atoms with Gasteiger partial charge in [0.25, 0.3) is 0 Å². The molecule has 0 saturated carbocycles. The van der Waals surface area contributed by atoms with E-state index < -0.39 is 11.9 Å². The molecule has 0 amide bonds. The fraction of sp³-hybridized carbons (Fsp3) is 0.368. The van der Waals surface area contributed by atoms with Crippen LogP contribution < -0.4 is 18.9 Å². The van der Waals surface area contributed by atoms with E-state index in [4.69, 9.17) is 28.4 Å². The Morgan fingerprint density at radius 2 is 1.09 bits per heavy atom. The summed E-state index contributed by atoms with van der Waals surface area (Å²) >= 11 is 0. The maximum Gasteiger partial charge on any atom is 0.336 e. The summed E-state index contributed by atoms with van der Waals surface area (Å²) in [6.07, 6.45) is 11.0. The van der Waals surface area contributed by atoms with Gasteiger partial charge in [0.15, 0.2) is 0 Å². The Labute approximate surface area is 270 Å². The first-order chi connectivity index (χ1) is 22.2. The molecule has 2 fully saturated rings. The topological polar surface area (TPSA) is 96.1 Å². The Kier molecular flexibility index (Phi) is 11.3. The van der Waals surface area contributed by atoms with Gasteiger partial charge in [-0.05, 0) is 135 Å². The van der Waals surface area contributed by atoms with Crippen molar-refractivity contribution in [2.24, 2.45) is 0 Å². The molecule has 2 aliphatic heterocycles. The van der Waals surface area contributed by atoms with Gasteiger partial charge in [-0.15, -0.1) is 0 Å². The predicted molar refractivity (Wildman–Crippen MR) is 177 cm³/mol. The Morgan fingerprint density at radius 1 is 0.674 bits per heavy atom. The lowest BCUT2D eigenvalue weighted by Gasteiger charge is -2.12. The lowest BCUT2D eigenvalue weighted by molar-refractivity contribution is -0.130. The van der Waals surface area contributed by atoms with Gasteiger partial charge in [0.1, 0.15) is 23.0 Å². The van der Waals surface area contributed by atoms with Crippen molar-refractivity contribution in [1.82, 2.24) is 0 Å². The highest BCUT2D eigenvalue weighted by atomic mass is 16.6. The van der Waals surface area contributed by atoms with Crippen molar-refractivity contribution in [1.29, 1.82) is 0 Å². The molecular weight excluding hydrogens is 584 g/mol. The molecule has 46 heavy (non-hydrogen) atoms. The third-order valence-corrected chi connectivity index (χ3v) is 8.07. The highest BCUT2D eigenvalue weighted by molar-refractivity contribution is 5.90. The van der Waals surface area contributed by atoms with E-state index in [1.165, 1.54) is 12.2 Å². The quantitative estimate of drug-likeness (QED) is 0.0539. The van der Waals surface area contributed by atoms with E-state index in [0.717, 1.165) is 72.6 Å². The average Bonchev–Trinajstić information content (AvgIpc) is 3.97. The van der Waals surface area contributed by atoms with Gasteiger partial charge >= 0.3 is 11.9 Å². The third kappa shape index (κ3) is 10.1. The Morgan fingerprint density at radius 3 is 1.46 bits per heavy atom. The van der Waals surface area contributed by atoms with E-state index in [1.807, 2.05) is 64.1 Å². The number of carbonyl (C=O) groups is 2. The van der Waals surface area contributed by atoms with Crippen molar-refractivity contribution >= 4 is 24.1 Å². The molecule has 0 radical (unpaired) electrons. The number of aryl methyl sites for hydroxylation is 2. The Bertz CT molecular complexity index is 1480. The standard InChI is InChI=1S/C38H42O8/c1-25-21-31(41-19-5-7-33-23-43-33)13-9-29(25)11-17-37(39)45-35-15-16-36(28(4)27(35)3)46-38(40)18-12-30-10-14-32(22-26(30)2)42-20-6-8-34-24-44-34/h9-18,21-22,33-34H,5-8,19-20,23-24H2,1-4H3/b17-11+,18-12+. The van der Waals surface area contributed by atoms with E-state index in [9.17, 15) is 9.59 Å². The van der Waals surface area contributed by atoms with E-state index in [1.54, 1.807) is 24.3 Å². The van der Waals surface area contributed by atoms with Crippen LogP contribution in [0.3, 0.4) is 0 Å². The van der Waals surface area contributed by atoms with Crippen LogP contribution in [0.15, 0.2) is 60.7 Å². The molecule has 3 aromatic rings. The number of hydrogen-bond donors (Lipinski definition) is 0. The fourth-order valence-corrected chi connectivity index (χ4v) is 4.91. The zero-order chi connectivity index (χ0) is 32.5. The monoisotopic (exact) mass is 626 g/mol. The summed E-state index contributed by atoms with van der Waals surface area (Å²) < 4.78 is 33.3. The van der Waals surface area contributed by atoms with Crippen LogP contribution in [0.5, 0.6) is 23.0 Å². The molecule has 0 aliphatic carbocycles. The molecule has 8 nitrogen and oxygen atoms in total. The largest absolute Gasteiger partial charge is 0.494 e. The molecule has 2 aliphatic rings. The number of epoxide rings is 2. The molecule has 5 rings (SSSR count). The Balaban J connectivity index is 1.09. The molecule has 2 heterocycles. The molecule has 0 bridgehead atoms. The van der Waals surface area contributed by atoms with Gasteiger partial charge in [-0.3, -0.25) is 0 Å². The average molecular weight is 627 g/mol. The normalized spacial score (nSPS) is 16.9. The lowest BCUT2D eigenvalue weighted by Crippen LogP contribution is -2.08. The Hall–Kier alpha value is -4.40. The minimum absolute atomic E-state index is 0.401. The van der Waals surface area contributed by atoms with Crippen LogP contribution >= 0.6 is 0 Å². The summed E-state index contributed by atoms with van der Waals surface area (Å²) in [5.41, 5.74) is 5.19. The van der Waals surface area contributed by atoms with Gasteiger partial charge in [-0.25, -0.2) is 9.59 Å². The number of benzene rings is 3. The predicted octanol–water partition coefficient (Wildman–Crippen LogP) is 7.27. The van der Waals surface area contributed by atoms with Gasteiger partial charge in [-0.1, -0.05) is 12.1 Å².